The van der Waals surface area contributed by atoms with Crippen molar-refractivity contribution in [1.82, 2.24) is 0 Å². The maximum Gasteiger partial charge on any atom is 0.0693 e. The van der Waals surface area contributed by atoms with Crippen LogP contribution in [0.5, 0.6) is 0 Å². The number of hydrogen-bond acceptors (Lipinski definition) is 0. The Hall–Kier alpha value is -1.39. The van der Waals surface area contributed by atoms with Crippen molar-refractivity contribution in [3.05, 3.63) is 76.6 Å². The lowest BCUT2D eigenvalue weighted by molar-refractivity contribution is 1.54. The van der Waals surface area contributed by atoms with Crippen molar-refractivity contribution in [1.29, 1.82) is 0 Å². The molecule has 0 nitrogen and oxygen atoms in total. The molecule has 0 N–H and O–H groups in total. The van der Waals surface area contributed by atoms with Crippen LogP contribution in [0.4, 0.5) is 0 Å². The average molecular weight is 295 g/mol. The van der Waals surface area contributed by atoms with Crippen molar-refractivity contribution >= 4 is 23.2 Å². The SMILES string of the molecule is C[Si](C)C(=C(c1ccccc1)c1ccccc1)[Si](C)C. The first kappa shape index (κ1) is 15.0. The second-order valence-corrected chi connectivity index (χ2v) is 11.0. The summed E-state index contributed by atoms with van der Waals surface area (Å²) in [5.41, 5.74) is 4.22. The Morgan fingerprint density at radius 2 is 0.950 bits per heavy atom. The largest absolute Gasteiger partial charge is 0.0863 e. The molecule has 20 heavy (non-hydrogen) atoms. The van der Waals surface area contributed by atoms with Gasteiger partial charge in [0.15, 0.2) is 0 Å². The topological polar surface area (TPSA) is 0 Å². The van der Waals surface area contributed by atoms with Crippen LogP contribution >= 0.6 is 0 Å². The molecule has 2 aromatic rings. The minimum atomic E-state index is -0.440. The van der Waals surface area contributed by atoms with Gasteiger partial charge in [0.2, 0.25) is 0 Å². The monoisotopic (exact) mass is 294 g/mol. The molecule has 0 bridgehead atoms. The summed E-state index contributed by atoms with van der Waals surface area (Å²) < 4.78 is 0. The van der Waals surface area contributed by atoms with Gasteiger partial charge in [0.05, 0.1) is 17.6 Å². The summed E-state index contributed by atoms with van der Waals surface area (Å²) in [6.45, 7) is 9.68. The van der Waals surface area contributed by atoms with Gasteiger partial charge < -0.3 is 0 Å². The van der Waals surface area contributed by atoms with E-state index in [4.69, 9.17) is 0 Å². The summed E-state index contributed by atoms with van der Waals surface area (Å²) in [5, 5.41) is 0. The van der Waals surface area contributed by atoms with Crippen molar-refractivity contribution in [2.75, 3.05) is 0 Å². The van der Waals surface area contributed by atoms with Gasteiger partial charge in [-0.15, -0.1) is 0 Å². The Bertz CT molecular complexity index is 517. The van der Waals surface area contributed by atoms with E-state index in [1.165, 1.54) is 16.7 Å². The lowest BCUT2D eigenvalue weighted by atomic mass is 10.00. The highest BCUT2D eigenvalue weighted by molar-refractivity contribution is 6.88. The summed E-state index contributed by atoms with van der Waals surface area (Å²) in [6, 6.07) is 21.8. The fourth-order valence-electron chi connectivity index (χ4n) is 2.66. The molecule has 0 atom stereocenters. The highest BCUT2D eigenvalue weighted by atomic mass is 28.3. The normalized spacial score (nSPS) is 10.9. The molecule has 0 saturated heterocycles. The van der Waals surface area contributed by atoms with E-state index in [2.05, 4.69) is 86.9 Å². The van der Waals surface area contributed by atoms with Crippen molar-refractivity contribution in [2.45, 2.75) is 26.2 Å². The Morgan fingerprint density at radius 1 is 0.600 bits per heavy atom. The van der Waals surface area contributed by atoms with Crippen LogP contribution in [0.3, 0.4) is 0 Å². The Balaban J connectivity index is 2.70. The smallest absolute Gasteiger partial charge is 0.0693 e. The highest BCUT2D eigenvalue weighted by Gasteiger charge is 2.18. The average Bonchev–Trinajstić information content (AvgIpc) is 2.45. The van der Waals surface area contributed by atoms with Crippen LogP contribution < -0.4 is 0 Å². The zero-order valence-electron chi connectivity index (χ0n) is 12.8. The van der Waals surface area contributed by atoms with E-state index in [-0.39, 0.29) is 0 Å². The van der Waals surface area contributed by atoms with Crippen LogP contribution in [0.1, 0.15) is 11.1 Å². The van der Waals surface area contributed by atoms with Gasteiger partial charge in [0.1, 0.15) is 0 Å². The lowest BCUT2D eigenvalue weighted by Gasteiger charge is -2.21. The Kier molecular flexibility index (Phi) is 5.15. The van der Waals surface area contributed by atoms with Crippen LogP contribution in [-0.2, 0) is 0 Å². The first-order valence-electron chi connectivity index (χ1n) is 7.07. The molecule has 0 spiro atoms. The Morgan fingerprint density at radius 3 is 1.25 bits per heavy atom. The van der Waals surface area contributed by atoms with E-state index in [9.17, 15) is 0 Å². The number of rotatable bonds is 4. The molecule has 2 heteroatoms. The third kappa shape index (κ3) is 3.38. The minimum absolute atomic E-state index is 0.440. The van der Waals surface area contributed by atoms with E-state index < -0.39 is 17.6 Å². The van der Waals surface area contributed by atoms with Crippen molar-refractivity contribution in [2.24, 2.45) is 0 Å². The molecule has 0 aromatic heterocycles. The Labute approximate surface area is 126 Å². The van der Waals surface area contributed by atoms with E-state index in [0.717, 1.165) is 0 Å². The molecule has 0 amide bonds. The van der Waals surface area contributed by atoms with E-state index in [1.807, 2.05) is 0 Å². The van der Waals surface area contributed by atoms with Gasteiger partial charge in [-0.2, -0.15) is 0 Å². The van der Waals surface area contributed by atoms with Gasteiger partial charge in [-0.1, -0.05) is 91.7 Å². The molecule has 102 valence electrons. The van der Waals surface area contributed by atoms with E-state index >= 15 is 0 Å². The first-order chi connectivity index (χ1) is 9.61. The second-order valence-electron chi connectivity index (χ2n) is 5.48. The highest BCUT2D eigenvalue weighted by Crippen LogP contribution is 2.29. The van der Waals surface area contributed by atoms with Crippen molar-refractivity contribution in [3.8, 4) is 0 Å². The zero-order chi connectivity index (χ0) is 14.5. The van der Waals surface area contributed by atoms with Crippen LogP contribution in [0.15, 0.2) is 65.5 Å². The van der Waals surface area contributed by atoms with Gasteiger partial charge in [-0.3, -0.25) is 0 Å². The van der Waals surface area contributed by atoms with Gasteiger partial charge >= 0.3 is 0 Å². The summed E-state index contributed by atoms with van der Waals surface area (Å²) in [6.07, 6.45) is 0. The fourth-order valence-corrected chi connectivity index (χ4v) is 8.24. The van der Waals surface area contributed by atoms with E-state index in [0.29, 0.717) is 0 Å². The van der Waals surface area contributed by atoms with Crippen LogP contribution in [-0.4, -0.2) is 17.6 Å². The van der Waals surface area contributed by atoms with Crippen LogP contribution in [0.2, 0.25) is 26.2 Å². The first-order valence-corrected chi connectivity index (χ1v) is 12.1. The van der Waals surface area contributed by atoms with Crippen molar-refractivity contribution in [3.63, 3.8) is 0 Å². The van der Waals surface area contributed by atoms with Gasteiger partial charge in [0, 0.05) is 0 Å². The quantitative estimate of drug-likeness (QED) is 0.690. The zero-order valence-corrected chi connectivity index (χ0v) is 14.8. The third-order valence-electron chi connectivity index (χ3n) is 3.37. The van der Waals surface area contributed by atoms with Crippen LogP contribution in [0, 0.1) is 0 Å². The van der Waals surface area contributed by atoms with E-state index in [1.54, 1.807) is 4.82 Å². The molecule has 0 unspecified atom stereocenters. The standard InChI is InChI=1S/C18H22Si2/c1-19(2)18(20(3)4)17(15-11-7-5-8-12-15)16-13-9-6-10-14-16/h5-14H,1-4H3. The summed E-state index contributed by atoms with van der Waals surface area (Å²) in [7, 11) is -0.881. The second kappa shape index (κ2) is 6.86. The molecule has 2 rings (SSSR count). The molecular formula is C18H22Si2. The molecular weight excluding hydrogens is 272 g/mol. The summed E-state index contributed by atoms with van der Waals surface area (Å²) in [5.74, 6) is 0. The third-order valence-corrected chi connectivity index (χ3v) is 8.87. The predicted molar refractivity (Wildman–Crippen MR) is 93.9 cm³/mol. The maximum absolute atomic E-state index is 2.42. The molecule has 0 saturated carbocycles. The maximum atomic E-state index is 2.42. The molecule has 0 aliphatic carbocycles. The van der Waals surface area contributed by atoms with Gasteiger partial charge in [-0.05, 0) is 16.7 Å². The summed E-state index contributed by atoms with van der Waals surface area (Å²) >= 11 is 0. The number of hydrogen-bond donors (Lipinski definition) is 0. The number of benzene rings is 2. The molecule has 0 fully saturated rings. The molecule has 2 radical (unpaired) electrons. The minimum Gasteiger partial charge on any atom is -0.0863 e. The molecule has 0 aliphatic rings. The van der Waals surface area contributed by atoms with Gasteiger partial charge in [-0.25, -0.2) is 0 Å². The lowest BCUT2D eigenvalue weighted by Crippen LogP contribution is -2.21. The molecule has 0 heterocycles. The van der Waals surface area contributed by atoms with Gasteiger partial charge in [0.25, 0.3) is 0 Å². The molecule has 0 aliphatic heterocycles. The summed E-state index contributed by atoms with van der Waals surface area (Å²) in [4.78, 5) is 1.73. The predicted octanol–water partition coefficient (Wildman–Crippen LogP) is 5.08. The fraction of sp³-hybridized carbons (Fsp3) is 0.222. The molecule has 2 aromatic carbocycles. The van der Waals surface area contributed by atoms with Crippen LogP contribution in [0.25, 0.3) is 5.57 Å². The van der Waals surface area contributed by atoms with Crippen molar-refractivity contribution < 1.29 is 0 Å².